The Balaban J connectivity index is 2.22. The molecule has 0 atom stereocenters. The summed E-state index contributed by atoms with van der Waals surface area (Å²) in [4.78, 5) is 28.8. The second-order valence-corrected chi connectivity index (χ2v) is 4.87. The molecule has 0 bridgehead atoms. The van der Waals surface area contributed by atoms with Gasteiger partial charge in [-0.25, -0.2) is 9.78 Å². The molecule has 2 N–H and O–H groups in total. The van der Waals surface area contributed by atoms with Gasteiger partial charge in [0.05, 0.1) is 6.61 Å². The first-order valence-electron chi connectivity index (χ1n) is 6.75. The van der Waals surface area contributed by atoms with Gasteiger partial charge in [-0.1, -0.05) is 18.9 Å². The molecule has 0 aromatic carbocycles. The Labute approximate surface area is 117 Å². The summed E-state index contributed by atoms with van der Waals surface area (Å²) >= 11 is 0. The Morgan fingerprint density at radius 1 is 1.25 bits per heavy atom. The minimum Gasteiger partial charge on any atom is -0.477 e. The van der Waals surface area contributed by atoms with E-state index >= 15 is 0 Å². The van der Waals surface area contributed by atoms with Gasteiger partial charge in [0.2, 0.25) is 0 Å². The van der Waals surface area contributed by atoms with Gasteiger partial charge in [-0.2, -0.15) is 0 Å². The molecule has 0 radical (unpaired) electrons. The molecule has 2 rings (SSSR count). The molecule has 1 saturated carbocycles. The minimum absolute atomic E-state index is 0.110. The largest absolute Gasteiger partial charge is 0.477 e. The molecule has 6 heteroatoms. The fourth-order valence-corrected chi connectivity index (χ4v) is 2.59. The first-order valence-corrected chi connectivity index (χ1v) is 6.75. The topological polar surface area (TPSA) is 90.7 Å². The molecule has 1 aliphatic rings. The zero-order chi connectivity index (χ0) is 14.5. The van der Waals surface area contributed by atoms with Crippen molar-refractivity contribution in [1.29, 1.82) is 0 Å². The maximum Gasteiger partial charge on any atom is 0.354 e. The van der Waals surface area contributed by atoms with E-state index in [2.05, 4.69) is 4.98 Å². The van der Waals surface area contributed by atoms with Gasteiger partial charge in [0.25, 0.3) is 5.91 Å². The molecule has 0 spiro atoms. The van der Waals surface area contributed by atoms with E-state index in [1.807, 2.05) is 0 Å². The van der Waals surface area contributed by atoms with Crippen molar-refractivity contribution in [2.75, 3.05) is 13.2 Å². The van der Waals surface area contributed by atoms with Crippen molar-refractivity contribution < 1.29 is 19.8 Å². The lowest BCUT2D eigenvalue weighted by atomic mass is 10.2. The van der Waals surface area contributed by atoms with Crippen LogP contribution >= 0.6 is 0 Å². The van der Waals surface area contributed by atoms with Crippen LogP contribution in [0.5, 0.6) is 0 Å². The molecule has 20 heavy (non-hydrogen) atoms. The molecular formula is C14H18N2O4. The van der Waals surface area contributed by atoms with Gasteiger partial charge in [-0.15, -0.1) is 0 Å². The van der Waals surface area contributed by atoms with Crippen molar-refractivity contribution in [3.8, 4) is 0 Å². The van der Waals surface area contributed by atoms with Gasteiger partial charge in [0, 0.05) is 12.6 Å². The fraction of sp³-hybridized carbons (Fsp3) is 0.500. The van der Waals surface area contributed by atoms with Crippen LogP contribution in [0.15, 0.2) is 18.2 Å². The number of rotatable bonds is 5. The summed E-state index contributed by atoms with van der Waals surface area (Å²) in [6, 6.07) is 4.49. The summed E-state index contributed by atoms with van der Waals surface area (Å²) in [5.74, 6) is -1.47. The number of carbonyl (C=O) groups is 2. The molecule has 1 amide bonds. The maximum absolute atomic E-state index is 12.5. The first kappa shape index (κ1) is 14.5. The Hall–Kier alpha value is -1.95. The zero-order valence-electron chi connectivity index (χ0n) is 11.2. The third kappa shape index (κ3) is 3.14. The van der Waals surface area contributed by atoms with Crippen LogP contribution in [0.2, 0.25) is 0 Å². The third-order valence-corrected chi connectivity index (χ3v) is 3.55. The lowest BCUT2D eigenvalue weighted by Gasteiger charge is -2.28. The van der Waals surface area contributed by atoms with E-state index in [1.54, 1.807) is 4.90 Å². The van der Waals surface area contributed by atoms with E-state index in [9.17, 15) is 9.59 Å². The average molecular weight is 278 g/mol. The highest BCUT2D eigenvalue weighted by Crippen LogP contribution is 2.24. The molecule has 1 aromatic heterocycles. The molecular weight excluding hydrogens is 260 g/mol. The first-order chi connectivity index (χ1) is 9.63. The molecule has 1 aromatic rings. The van der Waals surface area contributed by atoms with E-state index in [1.165, 1.54) is 18.2 Å². The van der Waals surface area contributed by atoms with E-state index in [0.717, 1.165) is 25.7 Å². The van der Waals surface area contributed by atoms with Crippen LogP contribution in [0.25, 0.3) is 0 Å². The van der Waals surface area contributed by atoms with Crippen LogP contribution in [0.1, 0.15) is 46.7 Å². The summed E-state index contributed by atoms with van der Waals surface area (Å²) < 4.78 is 0. The molecule has 1 fully saturated rings. The summed E-state index contributed by atoms with van der Waals surface area (Å²) in [7, 11) is 0. The molecule has 1 heterocycles. The number of aromatic carboxylic acids is 1. The number of nitrogens with zero attached hydrogens (tertiary/aromatic N) is 2. The van der Waals surface area contributed by atoms with E-state index in [4.69, 9.17) is 10.2 Å². The van der Waals surface area contributed by atoms with Crippen LogP contribution in [0.4, 0.5) is 0 Å². The Bertz CT molecular complexity index is 498. The number of pyridine rings is 1. The van der Waals surface area contributed by atoms with Gasteiger partial charge in [-0.05, 0) is 25.0 Å². The summed E-state index contributed by atoms with van der Waals surface area (Å²) in [5, 5.41) is 18.0. The molecule has 0 aliphatic heterocycles. The highest BCUT2D eigenvalue weighted by molar-refractivity contribution is 5.94. The fourth-order valence-electron chi connectivity index (χ4n) is 2.59. The zero-order valence-corrected chi connectivity index (χ0v) is 11.2. The Morgan fingerprint density at radius 2 is 1.90 bits per heavy atom. The highest BCUT2D eigenvalue weighted by Gasteiger charge is 2.27. The van der Waals surface area contributed by atoms with Gasteiger partial charge in [-0.3, -0.25) is 4.79 Å². The van der Waals surface area contributed by atoms with Crippen molar-refractivity contribution >= 4 is 11.9 Å². The normalized spacial score (nSPS) is 15.2. The number of aromatic nitrogens is 1. The Morgan fingerprint density at radius 3 is 2.50 bits per heavy atom. The number of carboxylic acid groups (broad SMARTS) is 1. The number of carbonyl (C=O) groups excluding carboxylic acids is 1. The van der Waals surface area contributed by atoms with Gasteiger partial charge >= 0.3 is 5.97 Å². The quantitative estimate of drug-likeness (QED) is 0.843. The number of aliphatic hydroxyl groups excluding tert-OH is 1. The smallest absolute Gasteiger partial charge is 0.354 e. The van der Waals surface area contributed by atoms with Crippen molar-refractivity contribution in [2.24, 2.45) is 0 Å². The van der Waals surface area contributed by atoms with Crippen molar-refractivity contribution in [2.45, 2.75) is 31.7 Å². The van der Waals surface area contributed by atoms with Crippen LogP contribution in [0, 0.1) is 0 Å². The molecule has 1 aliphatic carbocycles. The summed E-state index contributed by atoms with van der Waals surface area (Å²) in [5.41, 5.74) is -0.0310. The van der Waals surface area contributed by atoms with Crippen LogP contribution in [-0.2, 0) is 0 Å². The second kappa shape index (κ2) is 6.47. The lowest BCUT2D eigenvalue weighted by Crippen LogP contribution is -2.41. The van der Waals surface area contributed by atoms with E-state index in [-0.39, 0.29) is 36.5 Å². The number of carboxylic acids is 1. The summed E-state index contributed by atoms with van der Waals surface area (Å²) in [6.45, 7) is 0.142. The number of hydrogen-bond acceptors (Lipinski definition) is 4. The van der Waals surface area contributed by atoms with Gasteiger partial charge < -0.3 is 15.1 Å². The second-order valence-electron chi connectivity index (χ2n) is 4.87. The standard InChI is InChI=1S/C14H18N2O4/c17-9-8-16(10-4-1-2-5-10)13(18)11-6-3-7-12(15-11)14(19)20/h3,6-7,10,17H,1-2,4-5,8-9H2,(H,19,20). The van der Waals surface area contributed by atoms with Crippen molar-refractivity contribution in [3.63, 3.8) is 0 Å². The third-order valence-electron chi connectivity index (χ3n) is 3.55. The summed E-state index contributed by atoms with van der Waals surface area (Å²) in [6.07, 6.45) is 3.99. The van der Waals surface area contributed by atoms with Crippen LogP contribution in [0.3, 0.4) is 0 Å². The minimum atomic E-state index is -1.16. The maximum atomic E-state index is 12.5. The SMILES string of the molecule is O=C(O)c1cccc(C(=O)N(CCO)C2CCCC2)n1. The predicted octanol–water partition coefficient (Wildman–Crippen LogP) is 1.16. The molecule has 6 nitrogen and oxygen atoms in total. The monoisotopic (exact) mass is 278 g/mol. The lowest BCUT2D eigenvalue weighted by molar-refractivity contribution is 0.0631. The average Bonchev–Trinajstić information content (AvgIpc) is 2.98. The van der Waals surface area contributed by atoms with E-state index in [0.29, 0.717) is 0 Å². The predicted molar refractivity (Wildman–Crippen MR) is 71.6 cm³/mol. The van der Waals surface area contributed by atoms with Crippen LogP contribution < -0.4 is 0 Å². The number of hydrogen-bond donors (Lipinski definition) is 2. The molecule has 0 unspecified atom stereocenters. The highest BCUT2D eigenvalue weighted by atomic mass is 16.4. The molecule has 0 saturated heterocycles. The van der Waals surface area contributed by atoms with Gasteiger partial charge in [0.15, 0.2) is 0 Å². The molecule has 108 valence electrons. The Kier molecular flexibility index (Phi) is 4.68. The van der Waals surface area contributed by atoms with Gasteiger partial charge in [0.1, 0.15) is 11.4 Å². The van der Waals surface area contributed by atoms with Crippen molar-refractivity contribution in [3.05, 3.63) is 29.6 Å². The van der Waals surface area contributed by atoms with Crippen molar-refractivity contribution in [1.82, 2.24) is 9.88 Å². The van der Waals surface area contributed by atoms with Crippen LogP contribution in [-0.4, -0.2) is 51.2 Å². The number of amides is 1. The van der Waals surface area contributed by atoms with E-state index < -0.39 is 5.97 Å². The number of aliphatic hydroxyl groups is 1.